The number of fused-ring (bicyclic) bond motifs is 1. The van der Waals surface area contributed by atoms with Crippen LogP contribution < -0.4 is 10.6 Å². The Balaban J connectivity index is 1.79. The van der Waals surface area contributed by atoms with E-state index in [-0.39, 0.29) is 11.9 Å². The summed E-state index contributed by atoms with van der Waals surface area (Å²) in [7, 11) is 0. The highest BCUT2D eigenvalue weighted by Crippen LogP contribution is 2.28. The maximum atomic E-state index is 11.8. The van der Waals surface area contributed by atoms with Crippen LogP contribution in [-0.4, -0.2) is 16.9 Å². The first-order chi connectivity index (χ1) is 8.33. The summed E-state index contributed by atoms with van der Waals surface area (Å²) < 4.78 is 5.23. The molecular formula is C12H11N3O2. The zero-order chi connectivity index (χ0) is 11.7. The van der Waals surface area contributed by atoms with Crippen molar-refractivity contribution in [3.63, 3.8) is 0 Å². The molecule has 3 heterocycles. The minimum absolute atomic E-state index is 0.0456. The fourth-order valence-corrected chi connectivity index (χ4v) is 1.86. The number of pyridine rings is 1. The third-order valence-corrected chi connectivity index (χ3v) is 2.73. The first-order valence-electron chi connectivity index (χ1n) is 5.37. The van der Waals surface area contributed by atoms with Crippen LogP contribution in [0.5, 0.6) is 0 Å². The summed E-state index contributed by atoms with van der Waals surface area (Å²) in [6, 6.07) is 5.21. The molecule has 0 bridgehead atoms. The highest BCUT2D eigenvalue weighted by atomic mass is 16.3. The summed E-state index contributed by atoms with van der Waals surface area (Å²) >= 11 is 0. The molecule has 86 valence electrons. The van der Waals surface area contributed by atoms with Crippen LogP contribution in [0.15, 0.2) is 41.3 Å². The predicted octanol–water partition coefficient (Wildman–Crippen LogP) is 1.65. The van der Waals surface area contributed by atoms with Gasteiger partial charge in [0.1, 0.15) is 11.7 Å². The first kappa shape index (κ1) is 9.89. The van der Waals surface area contributed by atoms with Gasteiger partial charge in [-0.15, -0.1) is 0 Å². The van der Waals surface area contributed by atoms with E-state index in [9.17, 15) is 4.79 Å². The Bertz CT molecular complexity index is 536. The summed E-state index contributed by atoms with van der Waals surface area (Å²) in [5.41, 5.74) is 1.75. The summed E-state index contributed by atoms with van der Waals surface area (Å²) in [5, 5.41) is 5.88. The van der Waals surface area contributed by atoms with Crippen molar-refractivity contribution in [1.82, 2.24) is 4.98 Å². The van der Waals surface area contributed by atoms with Gasteiger partial charge in [0.05, 0.1) is 6.26 Å². The quantitative estimate of drug-likeness (QED) is 0.821. The first-order valence-corrected chi connectivity index (χ1v) is 5.37. The van der Waals surface area contributed by atoms with Gasteiger partial charge in [0.2, 0.25) is 11.8 Å². The molecule has 0 fully saturated rings. The second kappa shape index (κ2) is 3.93. The standard InChI is InChI=1S/C12H11N3O2/c16-11-10(7-8-1-4-13-5-2-8)15-12-9(14-11)3-6-17-12/h1-6,10,15H,7H2,(H,14,16). The van der Waals surface area contributed by atoms with Gasteiger partial charge in [0.25, 0.3) is 0 Å². The predicted molar refractivity (Wildman–Crippen MR) is 62.7 cm³/mol. The molecule has 0 saturated carbocycles. The van der Waals surface area contributed by atoms with Crippen LogP contribution in [0, 0.1) is 0 Å². The van der Waals surface area contributed by atoms with E-state index in [0.717, 1.165) is 5.56 Å². The number of hydrogen-bond acceptors (Lipinski definition) is 4. The lowest BCUT2D eigenvalue weighted by Crippen LogP contribution is -2.39. The van der Waals surface area contributed by atoms with Crippen LogP contribution in [0.4, 0.5) is 11.6 Å². The van der Waals surface area contributed by atoms with Crippen molar-refractivity contribution in [3.05, 3.63) is 42.4 Å². The fraction of sp³-hybridized carbons (Fsp3) is 0.167. The van der Waals surface area contributed by atoms with Gasteiger partial charge in [-0.05, 0) is 17.7 Å². The Hall–Kier alpha value is -2.30. The van der Waals surface area contributed by atoms with E-state index in [4.69, 9.17) is 4.42 Å². The lowest BCUT2D eigenvalue weighted by molar-refractivity contribution is -0.117. The minimum atomic E-state index is -0.309. The van der Waals surface area contributed by atoms with Gasteiger partial charge < -0.3 is 15.1 Å². The van der Waals surface area contributed by atoms with Crippen molar-refractivity contribution in [2.24, 2.45) is 0 Å². The van der Waals surface area contributed by atoms with Crippen molar-refractivity contribution in [3.8, 4) is 0 Å². The fourth-order valence-electron chi connectivity index (χ4n) is 1.86. The number of nitrogens with one attached hydrogen (secondary N) is 2. The summed E-state index contributed by atoms with van der Waals surface area (Å²) in [6.45, 7) is 0. The second-order valence-corrected chi connectivity index (χ2v) is 3.91. The summed E-state index contributed by atoms with van der Waals surface area (Å²) in [4.78, 5) is 15.8. The lowest BCUT2D eigenvalue weighted by atomic mass is 10.1. The van der Waals surface area contributed by atoms with Gasteiger partial charge in [-0.2, -0.15) is 0 Å². The number of rotatable bonds is 2. The smallest absolute Gasteiger partial charge is 0.247 e. The SMILES string of the molecule is O=C1Nc2ccoc2NC1Cc1ccncc1. The topological polar surface area (TPSA) is 67.2 Å². The third-order valence-electron chi connectivity index (χ3n) is 2.73. The molecule has 0 spiro atoms. The van der Waals surface area contributed by atoms with Crippen LogP contribution >= 0.6 is 0 Å². The molecule has 0 aromatic carbocycles. The molecule has 2 aromatic heterocycles. The summed E-state index contributed by atoms with van der Waals surface area (Å²) in [6.07, 6.45) is 5.59. The molecule has 1 aliphatic rings. The second-order valence-electron chi connectivity index (χ2n) is 3.91. The molecular weight excluding hydrogens is 218 g/mol. The molecule has 0 radical (unpaired) electrons. The molecule has 2 aromatic rings. The van der Waals surface area contributed by atoms with Gasteiger partial charge in [0, 0.05) is 24.9 Å². The van der Waals surface area contributed by atoms with Gasteiger partial charge >= 0.3 is 0 Å². The van der Waals surface area contributed by atoms with Crippen LogP contribution in [-0.2, 0) is 11.2 Å². The Morgan fingerprint density at radius 2 is 2.12 bits per heavy atom. The van der Waals surface area contributed by atoms with E-state index in [1.807, 2.05) is 12.1 Å². The number of amides is 1. The van der Waals surface area contributed by atoms with Crippen LogP contribution in [0.25, 0.3) is 0 Å². The van der Waals surface area contributed by atoms with Gasteiger partial charge in [-0.25, -0.2) is 0 Å². The molecule has 17 heavy (non-hydrogen) atoms. The highest BCUT2D eigenvalue weighted by molar-refractivity contribution is 6.01. The maximum absolute atomic E-state index is 11.8. The van der Waals surface area contributed by atoms with E-state index in [2.05, 4.69) is 15.6 Å². The van der Waals surface area contributed by atoms with Crippen molar-refractivity contribution in [2.45, 2.75) is 12.5 Å². The van der Waals surface area contributed by atoms with Crippen LogP contribution in [0.2, 0.25) is 0 Å². The van der Waals surface area contributed by atoms with E-state index in [0.29, 0.717) is 18.0 Å². The van der Waals surface area contributed by atoms with Gasteiger partial charge in [-0.3, -0.25) is 9.78 Å². The molecule has 1 amide bonds. The van der Waals surface area contributed by atoms with E-state index >= 15 is 0 Å². The third kappa shape index (κ3) is 1.87. The number of anilines is 2. The van der Waals surface area contributed by atoms with Gasteiger partial charge in [0.15, 0.2) is 0 Å². The molecule has 0 saturated heterocycles. The largest absolute Gasteiger partial charge is 0.447 e. The zero-order valence-corrected chi connectivity index (χ0v) is 9.01. The molecule has 5 nitrogen and oxygen atoms in total. The van der Waals surface area contributed by atoms with Gasteiger partial charge in [-0.1, -0.05) is 0 Å². The number of carbonyl (C=O) groups excluding carboxylic acids is 1. The Kier molecular flexibility index (Phi) is 2.29. The average molecular weight is 229 g/mol. The summed E-state index contributed by atoms with van der Waals surface area (Å²) in [5.74, 6) is 0.569. The van der Waals surface area contributed by atoms with Crippen molar-refractivity contribution in [2.75, 3.05) is 10.6 Å². The minimum Gasteiger partial charge on any atom is -0.447 e. The number of nitrogens with zero attached hydrogens (tertiary/aromatic N) is 1. The van der Waals surface area contributed by atoms with Crippen LogP contribution in [0.1, 0.15) is 5.56 Å². The maximum Gasteiger partial charge on any atom is 0.247 e. The molecule has 3 rings (SSSR count). The normalized spacial score (nSPS) is 18.1. The number of carbonyl (C=O) groups is 1. The number of hydrogen-bond donors (Lipinski definition) is 2. The number of aromatic nitrogens is 1. The molecule has 5 heteroatoms. The van der Waals surface area contributed by atoms with E-state index < -0.39 is 0 Å². The van der Waals surface area contributed by atoms with E-state index in [1.54, 1.807) is 24.7 Å². The monoisotopic (exact) mass is 229 g/mol. The highest BCUT2D eigenvalue weighted by Gasteiger charge is 2.27. The van der Waals surface area contributed by atoms with E-state index in [1.165, 1.54) is 0 Å². The van der Waals surface area contributed by atoms with Crippen molar-refractivity contribution in [1.29, 1.82) is 0 Å². The average Bonchev–Trinajstić information content (AvgIpc) is 2.78. The van der Waals surface area contributed by atoms with Crippen LogP contribution in [0.3, 0.4) is 0 Å². The zero-order valence-electron chi connectivity index (χ0n) is 9.01. The lowest BCUT2D eigenvalue weighted by Gasteiger charge is -2.23. The number of furan rings is 1. The Morgan fingerprint density at radius 1 is 1.29 bits per heavy atom. The molecule has 2 N–H and O–H groups in total. The molecule has 1 unspecified atom stereocenters. The molecule has 1 atom stereocenters. The van der Waals surface area contributed by atoms with Crippen molar-refractivity contribution < 1.29 is 9.21 Å². The Morgan fingerprint density at radius 3 is 2.94 bits per heavy atom. The Labute approximate surface area is 97.9 Å². The van der Waals surface area contributed by atoms with Crippen molar-refractivity contribution >= 4 is 17.5 Å². The molecule has 0 aliphatic carbocycles. The molecule has 1 aliphatic heterocycles.